The van der Waals surface area contributed by atoms with E-state index in [9.17, 15) is 4.79 Å². The summed E-state index contributed by atoms with van der Waals surface area (Å²) in [5, 5.41) is 3.88. The lowest BCUT2D eigenvalue weighted by molar-refractivity contribution is -0.123. The molecule has 0 saturated heterocycles. The molecule has 1 heterocycles. The highest BCUT2D eigenvalue weighted by Gasteiger charge is 2.40. The first-order chi connectivity index (χ1) is 9.08. The summed E-state index contributed by atoms with van der Waals surface area (Å²) in [6, 6.07) is 7.68. The van der Waals surface area contributed by atoms with Crippen molar-refractivity contribution in [2.45, 2.75) is 24.8 Å². The summed E-state index contributed by atoms with van der Waals surface area (Å²) in [5.41, 5.74) is 6.82. The van der Waals surface area contributed by atoms with E-state index in [1.807, 2.05) is 24.3 Å². The molecule has 2 aromatic rings. The van der Waals surface area contributed by atoms with E-state index in [4.69, 9.17) is 5.73 Å². The predicted molar refractivity (Wildman–Crippen MR) is 78.8 cm³/mol. The first kappa shape index (κ1) is 12.6. The average molecular weight is 320 g/mol. The Hall–Kier alpha value is -1.46. The second-order valence-electron chi connectivity index (χ2n) is 4.99. The molecule has 0 atom stereocenters. The number of carbonyl (C=O) groups excluding carboxylic acids is 1. The highest BCUT2D eigenvalue weighted by molar-refractivity contribution is 9.10. The molecule has 0 spiro atoms. The van der Waals surface area contributed by atoms with Crippen LogP contribution in [0.25, 0.3) is 10.9 Å². The van der Waals surface area contributed by atoms with Crippen molar-refractivity contribution in [3.63, 3.8) is 0 Å². The van der Waals surface area contributed by atoms with Crippen molar-refractivity contribution in [2.75, 3.05) is 5.32 Å². The van der Waals surface area contributed by atoms with Gasteiger partial charge in [-0.15, -0.1) is 0 Å². The van der Waals surface area contributed by atoms with E-state index in [2.05, 4.69) is 26.2 Å². The lowest BCUT2D eigenvalue weighted by atomic mass is 9.77. The third-order valence-electron chi connectivity index (χ3n) is 3.62. The SMILES string of the molecule is NC1(C(=O)Nc2cccc3cc(Br)cnc23)CCC1. The van der Waals surface area contributed by atoms with Gasteiger partial charge >= 0.3 is 0 Å². The molecule has 3 N–H and O–H groups in total. The van der Waals surface area contributed by atoms with Crippen LogP contribution < -0.4 is 11.1 Å². The van der Waals surface area contributed by atoms with Crippen LogP contribution >= 0.6 is 15.9 Å². The van der Waals surface area contributed by atoms with Gasteiger partial charge in [-0.3, -0.25) is 9.78 Å². The maximum Gasteiger partial charge on any atom is 0.244 e. The number of para-hydroxylation sites is 1. The number of aromatic nitrogens is 1. The lowest BCUT2D eigenvalue weighted by Gasteiger charge is -2.36. The fraction of sp³-hybridized carbons (Fsp3) is 0.286. The minimum atomic E-state index is -0.697. The molecule has 1 aromatic carbocycles. The van der Waals surface area contributed by atoms with Gasteiger partial charge in [0.2, 0.25) is 5.91 Å². The molecule has 4 nitrogen and oxygen atoms in total. The Morgan fingerprint density at radius 1 is 1.42 bits per heavy atom. The monoisotopic (exact) mass is 319 g/mol. The molecular formula is C14H14BrN3O. The first-order valence-electron chi connectivity index (χ1n) is 6.23. The molecule has 0 bridgehead atoms. The molecule has 1 aromatic heterocycles. The molecule has 0 unspecified atom stereocenters. The molecule has 98 valence electrons. The van der Waals surface area contributed by atoms with Gasteiger partial charge in [0.15, 0.2) is 0 Å². The van der Waals surface area contributed by atoms with E-state index in [1.54, 1.807) is 6.20 Å². The highest BCUT2D eigenvalue weighted by atomic mass is 79.9. The van der Waals surface area contributed by atoms with Crippen LogP contribution in [0.5, 0.6) is 0 Å². The Labute approximate surface area is 119 Å². The molecule has 1 aliphatic rings. The molecule has 0 radical (unpaired) electrons. The second kappa shape index (κ2) is 4.58. The van der Waals surface area contributed by atoms with Gasteiger partial charge in [-0.2, -0.15) is 0 Å². The van der Waals surface area contributed by atoms with Gasteiger partial charge in [0.25, 0.3) is 0 Å². The lowest BCUT2D eigenvalue weighted by Crippen LogP contribution is -2.56. The molecule has 3 rings (SSSR count). The summed E-state index contributed by atoms with van der Waals surface area (Å²) < 4.78 is 0.915. The van der Waals surface area contributed by atoms with Crippen LogP contribution in [0.1, 0.15) is 19.3 Å². The Bertz CT molecular complexity index is 652. The molecule has 1 fully saturated rings. The molecule has 1 saturated carbocycles. The molecule has 5 heteroatoms. The van der Waals surface area contributed by atoms with Crippen LogP contribution in [0.2, 0.25) is 0 Å². The maximum absolute atomic E-state index is 12.2. The van der Waals surface area contributed by atoms with Crippen LogP contribution in [0.15, 0.2) is 34.9 Å². The Morgan fingerprint density at radius 3 is 2.89 bits per heavy atom. The summed E-state index contributed by atoms with van der Waals surface area (Å²) in [5.74, 6) is -0.115. The average Bonchev–Trinajstić information content (AvgIpc) is 2.35. The maximum atomic E-state index is 12.2. The predicted octanol–water partition coefficient (Wildman–Crippen LogP) is 2.82. The number of hydrogen-bond acceptors (Lipinski definition) is 3. The summed E-state index contributed by atoms with van der Waals surface area (Å²) in [7, 11) is 0. The number of carbonyl (C=O) groups is 1. The summed E-state index contributed by atoms with van der Waals surface area (Å²) in [6.45, 7) is 0. The molecule has 1 amide bonds. The summed E-state index contributed by atoms with van der Waals surface area (Å²) in [4.78, 5) is 16.5. The molecule has 0 aliphatic heterocycles. The van der Waals surface area contributed by atoms with E-state index in [0.717, 1.165) is 34.6 Å². The van der Waals surface area contributed by atoms with Gasteiger partial charge in [-0.05, 0) is 47.3 Å². The number of benzene rings is 1. The second-order valence-corrected chi connectivity index (χ2v) is 5.91. The van der Waals surface area contributed by atoms with E-state index in [0.29, 0.717) is 5.69 Å². The number of nitrogens with one attached hydrogen (secondary N) is 1. The topological polar surface area (TPSA) is 68.0 Å². The van der Waals surface area contributed by atoms with Crippen LogP contribution in [0, 0.1) is 0 Å². The van der Waals surface area contributed by atoms with E-state index >= 15 is 0 Å². The molecule has 1 aliphatic carbocycles. The van der Waals surface area contributed by atoms with Gasteiger partial charge < -0.3 is 11.1 Å². The highest BCUT2D eigenvalue weighted by Crippen LogP contribution is 2.31. The van der Waals surface area contributed by atoms with Gasteiger partial charge in [0, 0.05) is 16.1 Å². The number of hydrogen-bond donors (Lipinski definition) is 2. The van der Waals surface area contributed by atoms with Crippen LogP contribution in [0.4, 0.5) is 5.69 Å². The van der Waals surface area contributed by atoms with Crippen molar-refractivity contribution >= 4 is 38.4 Å². The Morgan fingerprint density at radius 2 is 2.21 bits per heavy atom. The first-order valence-corrected chi connectivity index (χ1v) is 7.02. The van der Waals surface area contributed by atoms with Gasteiger partial charge in [-0.25, -0.2) is 0 Å². The van der Waals surface area contributed by atoms with Crippen molar-refractivity contribution < 1.29 is 4.79 Å². The Kier molecular flexibility index (Phi) is 3.03. The molecule has 19 heavy (non-hydrogen) atoms. The number of rotatable bonds is 2. The fourth-order valence-corrected chi connectivity index (χ4v) is 2.62. The minimum absolute atomic E-state index is 0.115. The third kappa shape index (κ3) is 2.24. The zero-order valence-electron chi connectivity index (χ0n) is 10.3. The quantitative estimate of drug-likeness (QED) is 0.894. The number of anilines is 1. The van der Waals surface area contributed by atoms with Crippen molar-refractivity contribution in [1.82, 2.24) is 4.98 Å². The van der Waals surface area contributed by atoms with Crippen molar-refractivity contribution in [3.05, 3.63) is 34.9 Å². The van der Waals surface area contributed by atoms with Gasteiger partial charge in [-0.1, -0.05) is 12.1 Å². The van der Waals surface area contributed by atoms with Crippen molar-refractivity contribution in [3.8, 4) is 0 Å². The number of halogens is 1. The normalized spacial score (nSPS) is 16.9. The summed E-state index contributed by atoms with van der Waals surface area (Å²) >= 11 is 3.39. The largest absolute Gasteiger partial charge is 0.323 e. The number of nitrogens with two attached hydrogens (primary N) is 1. The fourth-order valence-electron chi connectivity index (χ4n) is 2.27. The van der Waals surface area contributed by atoms with Crippen molar-refractivity contribution in [2.24, 2.45) is 5.73 Å². The zero-order chi connectivity index (χ0) is 13.5. The van der Waals surface area contributed by atoms with Crippen LogP contribution in [0.3, 0.4) is 0 Å². The van der Waals surface area contributed by atoms with Gasteiger partial charge in [0.05, 0.1) is 16.7 Å². The standard InChI is InChI=1S/C14H14BrN3O/c15-10-7-9-3-1-4-11(12(9)17-8-10)18-13(19)14(16)5-2-6-14/h1,3-4,7-8H,2,5-6,16H2,(H,18,19). The number of fused-ring (bicyclic) bond motifs is 1. The summed E-state index contributed by atoms with van der Waals surface area (Å²) in [6.07, 6.45) is 4.25. The minimum Gasteiger partial charge on any atom is -0.323 e. The number of nitrogens with zero attached hydrogens (tertiary/aromatic N) is 1. The smallest absolute Gasteiger partial charge is 0.244 e. The van der Waals surface area contributed by atoms with Gasteiger partial charge in [0.1, 0.15) is 0 Å². The third-order valence-corrected chi connectivity index (χ3v) is 4.06. The van der Waals surface area contributed by atoms with Crippen LogP contribution in [-0.4, -0.2) is 16.4 Å². The zero-order valence-corrected chi connectivity index (χ0v) is 11.9. The van der Waals surface area contributed by atoms with E-state index < -0.39 is 5.54 Å². The van der Waals surface area contributed by atoms with E-state index in [-0.39, 0.29) is 5.91 Å². The van der Waals surface area contributed by atoms with E-state index in [1.165, 1.54) is 0 Å². The number of amides is 1. The van der Waals surface area contributed by atoms with Crippen molar-refractivity contribution in [1.29, 1.82) is 0 Å². The molecular weight excluding hydrogens is 306 g/mol. The van der Waals surface area contributed by atoms with Crippen LogP contribution in [-0.2, 0) is 4.79 Å². The Balaban J connectivity index is 1.95. The number of pyridine rings is 1.